The molecule has 4 atom stereocenters. The van der Waals surface area contributed by atoms with Crippen molar-refractivity contribution in [3.05, 3.63) is 0 Å². The Labute approximate surface area is 82.3 Å². The summed E-state index contributed by atoms with van der Waals surface area (Å²) in [6, 6.07) is 0.721. The highest BCUT2D eigenvalue weighted by Crippen LogP contribution is 2.24. The van der Waals surface area contributed by atoms with E-state index in [9.17, 15) is 0 Å². The van der Waals surface area contributed by atoms with Gasteiger partial charge in [0.2, 0.25) is 0 Å². The van der Waals surface area contributed by atoms with E-state index in [0.29, 0.717) is 6.10 Å². The van der Waals surface area contributed by atoms with Crippen LogP contribution in [0.15, 0.2) is 0 Å². The first-order valence-corrected chi connectivity index (χ1v) is 5.54. The molecule has 2 heteroatoms. The summed E-state index contributed by atoms with van der Waals surface area (Å²) in [5, 5.41) is 0. The predicted molar refractivity (Wildman–Crippen MR) is 55.0 cm³/mol. The largest absolute Gasteiger partial charge is 0.375 e. The molecule has 0 saturated heterocycles. The Balaban J connectivity index is 2.54. The summed E-state index contributed by atoms with van der Waals surface area (Å²) in [6.45, 7) is 5.82. The lowest BCUT2D eigenvalue weighted by Gasteiger charge is -2.36. The number of hydrogen-bond donors (Lipinski definition) is 1. The van der Waals surface area contributed by atoms with Crippen molar-refractivity contribution in [1.29, 1.82) is 0 Å². The Kier molecular flexibility index (Phi) is 4.20. The van der Waals surface area contributed by atoms with Gasteiger partial charge < -0.3 is 9.64 Å². The number of ether oxygens (including phenoxy) is 1. The van der Waals surface area contributed by atoms with Gasteiger partial charge in [0, 0.05) is 13.5 Å². The van der Waals surface area contributed by atoms with Gasteiger partial charge in [-0.1, -0.05) is 6.92 Å². The minimum Gasteiger partial charge on any atom is -0.375 e. The highest BCUT2D eigenvalue weighted by atomic mass is 16.5. The van der Waals surface area contributed by atoms with E-state index in [2.05, 4.69) is 20.9 Å². The first-order chi connectivity index (χ1) is 6.19. The van der Waals surface area contributed by atoms with E-state index < -0.39 is 0 Å². The number of quaternary nitrogens is 1. The van der Waals surface area contributed by atoms with Crippen molar-refractivity contribution in [2.24, 2.45) is 5.92 Å². The van der Waals surface area contributed by atoms with E-state index in [0.717, 1.165) is 12.0 Å². The van der Waals surface area contributed by atoms with Crippen LogP contribution in [0, 0.1) is 5.92 Å². The minimum absolute atomic E-state index is 0.496. The van der Waals surface area contributed by atoms with Crippen molar-refractivity contribution in [2.45, 2.75) is 45.3 Å². The fourth-order valence-corrected chi connectivity index (χ4v) is 2.42. The molecule has 1 aliphatic rings. The Morgan fingerprint density at radius 1 is 1.38 bits per heavy atom. The zero-order chi connectivity index (χ0) is 9.84. The van der Waals surface area contributed by atoms with Crippen molar-refractivity contribution in [2.75, 3.05) is 20.7 Å². The van der Waals surface area contributed by atoms with Crippen molar-refractivity contribution in [1.82, 2.24) is 0 Å². The van der Waals surface area contributed by atoms with E-state index in [1.54, 1.807) is 4.90 Å². The van der Waals surface area contributed by atoms with Crippen LogP contribution in [-0.4, -0.2) is 32.8 Å². The molecule has 1 fully saturated rings. The second kappa shape index (κ2) is 4.97. The molecule has 2 nitrogen and oxygen atoms in total. The molecule has 0 spiro atoms. The van der Waals surface area contributed by atoms with Crippen LogP contribution in [0.4, 0.5) is 0 Å². The number of methoxy groups -OCH3 is 1. The van der Waals surface area contributed by atoms with Crippen molar-refractivity contribution in [3.63, 3.8) is 0 Å². The normalized spacial score (nSPS) is 37.4. The Morgan fingerprint density at radius 2 is 2.08 bits per heavy atom. The van der Waals surface area contributed by atoms with Gasteiger partial charge in [-0.25, -0.2) is 0 Å². The predicted octanol–water partition coefficient (Wildman–Crippen LogP) is 0.725. The highest BCUT2D eigenvalue weighted by Gasteiger charge is 2.33. The summed E-state index contributed by atoms with van der Waals surface area (Å²) < 4.78 is 5.55. The monoisotopic (exact) mass is 186 g/mol. The van der Waals surface area contributed by atoms with E-state index >= 15 is 0 Å². The van der Waals surface area contributed by atoms with E-state index in [1.807, 2.05) is 7.11 Å². The molecular formula is C11H24NO+. The second-order valence-electron chi connectivity index (χ2n) is 4.50. The minimum atomic E-state index is 0.496. The van der Waals surface area contributed by atoms with Crippen LogP contribution in [0.1, 0.15) is 33.1 Å². The first-order valence-electron chi connectivity index (χ1n) is 5.54. The van der Waals surface area contributed by atoms with Gasteiger partial charge >= 0.3 is 0 Å². The summed E-state index contributed by atoms with van der Waals surface area (Å²) >= 11 is 0. The zero-order valence-corrected chi connectivity index (χ0v) is 9.47. The van der Waals surface area contributed by atoms with Gasteiger partial charge in [-0.3, -0.25) is 0 Å². The van der Waals surface area contributed by atoms with E-state index in [4.69, 9.17) is 4.74 Å². The zero-order valence-electron chi connectivity index (χ0n) is 9.47. The smallest absolute Gasteiger partial charge is 0.114 e. The van der Waals surface area contributed by atoms with E-state index in [1.165, 1.54) is 25.8 Å². The summed E-state index contributed by atoms with van der Waals surface area (Å²) in [5.41, 5.74) is 0. The maximum Gasteiger partial charge on any atom is 0.114 e. The third-order valence-electron chi connectivity index (χ3n) is 3.54. The molecule has 0 aromatic rings. The fraction of sp³-hybridized carbons (Fsp3) is 1.00. The number of rotatable bonds is 3. The Morgan fingerprint density at radius 3 is 2.62 bits per heavy atom. The standard InChI is InChI=1S/C11H23NO/c1-5-12(3)10-8-9(2)6-7-11(10)13-4/h9-11H,5-8H2,1-4H3/p+1/t9-,10+,11+/m1/s1. The van der Waals surface area contributed by atoms with Crippen molar-refractivity contribution in [3.8, 4) is 0 Å². The summed E-state index contributed by atoms with van der Waals surface area (Å²) in [4.78, 5) is 1.62. The summed E-state index contributed by atoms with van der Waals surface area (Å²) in [7, 11) is 4.14. The van der Waals surface area contributed by atoms with Crippen molar-refractivity contribution >= 4 is 0 Å². The van der Waals surface area contributed by atoms with Crippen LogP contribution >= 0.6 is 0 Å². The highest BCUT2D eigenvalue weighted by molar-refractivity contribution is 4.78. The van der Waals surface area contributed by atoms with Gasteiger partial charge in [0.25, 0.3) is 0 Å². The quantitative estimate of drug-likeness (QED) is 0.686. The molecule has 1 rings (SSSR count). The van der Waals surface area contributed by atoms with Crippen molar-refractivity contribution < 1.29 is 9.64 Å². The third-order valence-corrected chi connectivity index (χ3v) is 3.54. The molecule has 0 amide bonds. The van der Waals surface area contributed by atoms with Gasteiger partial charge in [0.1, 0.15) is 12.1 Å². The number of hydrogen-bond acceptors (Lipinski definition) is 1. The van der Waals surface area contributed by atoms with Gasteiger partial charge in [0.05, 0.1) is 13.6 Å². The maximum atomic E-state index is 5.55. The molecule has 13 heavy (non-hydrogen) atoms. The SMILES string of the molecule is CC[NH+](C)[C@H]1C[C@H](C)CC[C@@H]1OC. The lowest BCUT2D eigenvalue weighted by Crippen LogP contribution is -3.14. The van der Waals surface area contributed by atoms with Gasteiger partial charge in [-0.05, 0) is 25.7 Å². The number of nitrogens with one attached hydrogen (secondary N) is 1. The molecular weight excluding hydrogens is 162 g/mol. The summed E-state index contributed by atoms with van der Waals surface area (Å²) in [6.07, 6.45) is 4.42. The first kappa shape index (κ1) is 11.0. The second-order valence-corrected chi connectivity index (χ2v) is 4.50. The molecule has 1 saturated carbocycles. The molecule has 0 aliphatic heterocycles. The van der Waals surface area contributed by atoms with Crippen LogP contribution < -0.4 is 4.90 Å². The molecule has 0 aromatic heterocycles. The lowest BCUT2D eigenvalue weighted by atomic mass is 9.84. The fourth-order valence-electron chi connectivity index (χ4n) is 2.42. The van der Waals surface area contributed by atoms with Gasteiger partial charge in [-0.15, -0.1) is 0 Å². The summed E-state index contributed by atoms with van der Waals surface area (Å²) in [5.74, 6) is 0.887. The topological polar surface area (TPSA) is 13.7 Å². The molecule has 1 unspecified atom stereocenters. The average Bonchev–Trinajstić information content (AvgIpc) is 2.16. The van der Waals surface area contributed by atoms with Gasteiger partial charge in [0.15, 0.2) is 0 Å². The molecule has 0 heterocycles. The number of likely N-dealkylation sites (N-methyl/N-ethyl adjacent to an activating group) is 1. The molecule has 1 aliphatic carbocycles. The van der Waals surface area contributed by atoms with E-state index in [-0.39, 0.29) is 0 Å². The van der Waals surface area contributed by atoms with Crippen LogP contribution in [0.3, 0.4) is 0 Å². The Bertz CT molecular complexity index is 149. The van der Waals surface area contributed by atoms with Crippen LogP contribution in [0.25, 0.3) is 0 Å². The molecule has 1 N–H and O–H groups in total. The molecule has 0 bridgehead atoms. The van der Waals surface area contributed by atoms with Gasteiger partial charge in [-0.2, -0.15) is 0 Å². The Hall–Kier alpha value is -0.0800. The van der Waals surface area contributed by atoms with Crippen LogP contribution in [-0.2, 0) is 4.74 Å². The lowest BCUT2D eigenvalue weighted by molar-refractivity contribution is -0.909. The molecule has 0 aromatic carbocycles. The van der Waals surface area contributed by atoms with Crippen LogP contribution in [0.5, 0.6) is 0 Å². The molecule has 78 valence electrons. The third kappa shape index (κ3) is 2.68. The van der Waals surface area contributed by atoms with Crippen LogP contribution in [0.2, 0.25) is 0 Å². The average molecular weight is 186 g/mol. The molecule has 0 radical (unpaired) electrons. The maximum absolute atomic E-state index is 5.55.